The molecule has 18 heavy (non-hydrogen) atoms. The van der Waals surface area contributed by atoms with Gasteiger partial charge in [0.15, 0.2) is 0 Å². The van der Waals surface area contributed by atoms with Gasteiger partial charge in [-0.25, -0.2) is 0 Å². The number of aliphatic hydroxyl groups is 1. The van der Waals surface area contributed by atoms with E-state index in [1.54, 1.807) is 0 Å². The van der Waals surface area contributed by atoms with Crippen LogP contribution in [-0.4, -0.2) is 47.3 Å². The van der Waals surface area contributed by atoms with Crippen LogP contribution in [0.1, 0.15) is 45.4 Å². The van der Waals surface area contributed by atoms with Crippen molar-refractivity contribution < 1.29 is 5.11 Å². The van der Waals surface area contributed by atoms with Gasteiger partial charge in [0.25, 0.3) is 0 Å². The Morgan fingerprint density at radius 1 is 1.22 bits per heavy atom. The van der Waals surface area contributed by atoms with E-state index in [1.807, 2.05) is 0 Å². The molecule has 3 heteroatoms. The van der Waals surface area contributed by atoms with Gasteiger partial charge in [-0.3, -0.25) is 0 Å². The average Bonchev–Trinajstić information content (AvgIpc) is 2.62. The Kier molecular flexibility index (Phi) is 6.33. The molecule has 106 valence electrons. The maximum absolute atomic E-state index is 10.2. The van der Waals surface area contributed by atoms with Crippen LogP contribution < -0.4 is 0 Å². The number of hydrogen-bond acceptors (Lipinski definition) is 3. The Labute approximate surface area is 117 Å². The quantitative estimate of drug-likeness (QED) is 0.850. The number of rotatable bonds is 4. The van der Waals surface area contributed by atoms with Gasteiger partial charge in [0.1, 0.15) is 0 Å². The molecule has 1 heterocycles. The first-order valence-corrected chi connectivity index (χ1v) is 8.93. The number of aliphatic hydroxyl groups excluding tert-OH is 1. The normalized spacial score (nSPS) is 35.3. The summed E-state index contributed by atoms with van der Waals surface area (Å²) < 4.78 is 0. The van der Waals surface area contributed by atoms with Gasteiger partial charge in [-0.15, -0.1) is 0 Å². The van der Waals surface area contributed by atoms with Gasteiger partial charge in [0, 0.05) is 18.8 Å². The van der Waals surface area contributed by atoms with Crippen LogP contribution in [0.15, 0.2) is 0 Å². The van der Waals surface area contributed by atoms with Crippen LogP contribution in [0.3, 0.4) is 0 Å². The Hall–Kier alpha value is 0.270. The van der Waals surface area contributed by atoms with Gasteiger partial charge < -0.3 is 10.0 Å². The summed E-state index contributed by atoms with van der Waals surface area (Å²) >= 11 is 2.09. The zero-order valence-electron chi connectivity index (χ0n) is 11.8. The highest BCUT2D eigenvalue weighted by molar-refractivity contribution is 7.99. The van der Waals surface area contributed by atoms with Crippen LogP contribution in [0.2, 0.25) is 0 Å². The van der Waals surface area contributed by atoms with E-state index >= 15 is 0 Å². The van der Waals surface area contributed by atoms with Crippen LogP contribution >= 0.6 is 11.8 Å². The zero-order chi connectivity index (χ0) is 12.8. The molecule has 1 saturated carbocycles. The number of thioether (sulfide) groups is 1. The minimum absolute atomic E-state index is 0.0333. The van der Waals surface area contributed by atoms with Gasteiger partial charge in [-0.2, -0.15) is 11.8 Å². The van der Waals surface area contributed by atoms with Gasteiger partial charge in [-0.05, 0) is 49.8 Å². The molecule has 2 rings (SSSR count). The van der Waals surface area contributed by atoms with Crippen molar-refractivity contribution in [3.05, 3.63) is 0 Å². The summed E-state index contributed by atoms with van der Waals surface area (Å²) in [6, 6.07) is 0. The standard InChI is InChI=1S/C15H29NOS/c1-2-4-13-5-6-15(17)14(11-13)12-16-7-3-9-18-10-8-16/h13-15,17H,2-12H2,1H3. The number of nitrogens with zero attached hydrogens (tertiary/aromatic N) is 1. The van der Waals surface area contributed by atoms with Crippen molar-refractivity contribution in [3.8, 4) is 0 Å². The van der Waals surface area contributed by atoms with Crippen molar-refractivity contribution in [1.29, 1.82) is 0 Å². The minimum atomic E-state index is -0.0333. The van der Waals surface area contributed by atoms with Crippen molar-refractivity contribution in [3.63, 3.8) is 0 Å². The van der Waals surface area contributed by atoms with Crippen LogP contribution in [0.4, 0.5) is 0 Å². The number of hydrogen-bond donors (Lipinski definition) is 1. The topological polar surface area (TPSA) is 23.5 Å². The lowest BCUT2D eigenvalue weighted by atomic mass is 9.77. The summed E-state index contributed by atoms with van der Waals surface area (Å²) in [7, 11) is 0. The first-order valence-electron chi connectivity index (χ1n) is 7.77. The molecule has 2 nitrogen and oxygen atoms in total. The molecule has 1 aliphatic carbocycles. The zero-order valence-corrected chi connectivity index (χ0v) is 12.6. The molecule has 1 saturated heterocycles. The van der Waals surface area contributed by atoms with Crippen LogP contribution in [0.25, 0.3) is 0 Å². The van der Waals surface area contributed by atoms with E-state index in [0.717, 1.165) is 18.9 Å². The summed E-state index contributed by atoms with van der Waals surface area (Å²) in [5.41, 5.74) is 0. The Bertz CT molecular complexity index is 229. The molecule has 0 aromatic heterocycles. The molecule has 2 aliphatic rings. The van der Waals surface area contributed by atoms with E-state index in [4.69, 9.17) is 0 Å². The molecule has 0 spiro atoms. The third-order valence-electron chi connectivity index (χ3n) is 4.56. The molecule has 0 radical (unpaired) electrons. The van der Waals surface area contributed by atoms with E-state index in [2.05, 4.69) is 23.6 Å². The lowest BCUT2D eigenvalue weighted by Crippen LogP contribution is -2.39. The summed E-state index contributed by atoms with van der Waals surface area (Å²) in [5, 5.41) is 10.2. The van der Waals surface area contributed by atoms with Crippen molar-refractivity contribution in [2.45, 2.75) is 51.6 Å². The molecule has 0 bridgehead atoms. The molecule has 2 fully saturated rings. The monoisotopic (exact) mass is 271 g/mol. The SMILES string of the molecule is CCCC1CCC(O)C(CN2CCCSCC2)C1. The van der Waals surface area contributed by atoms with E-state index in [-0.39, 0.29) is 6.10 Å². The first-order chi connectivity index (χ1) is 8.79. The molecule has 0 amide bonds. The second kappa shape index (κ2) is 7.76. The van der Waals surface area contributed by atoms with E-state index in [9.17, 15) is 5.11 Å². The van der Waals surface area contributed by atoms with Gasteiger partial charge in [0.05, 0.1) is 6.10 Å². The molecule has 1 N–H and O–H groups in total. The third-order valence-corrected chi connectivity index (χ3v) is 5.60. The maximum Gasteiger partial charge on any atom is 0.0580 e. The van der Waals surface area contributed by atoms with Crippen molar-refractivity contribution in [2.75, 3.05) is 31.1 Å². The fourth-order valence-corrected chi connectivity index (χ4v) is 4.45. The summed E-state index contributed by atoms with van der Waals surface area (Å²) in [4.78, 5) is 2.60. The lowest BCUT2D eigenvalue weighted by molar-refractivity contribution is 0.0270. The molecular formula is C15H29NOS. The van der Waals surface area contributed by atoms with Gasteiger partial charge in [0.2, 0.25) is 0 Å². The van der Waals surface area contributed by atoms with E-state index < -0.39 is 0 Å². The molecule has 3 atom stereocenters. The second-order valence-electron chi connectivity index (χ2n) is 6.06. The first kappa shape index (κ1) is 14.7. The fraction of sp³-hybridized carbons (Fsp3) is 1.00. The van der Waals surface area contributed by atoms with E-state index in [0.29, 0.717) is 5.92 Å². The highest BCUT2D eigenvalue weighted by atomic mass is 32.2. The molecular weight excluding hydrogens is 242 g/mol. The third kappa shape index (κ3) is 4.43. The minimum Gasteiger partial charge on any atom is -0.393 e. The highest BCUT2D eigenvalue weighted by Crippen LogP contribution is 2.33. The van der Waals surface area contributed by atoms with Crippen LogP contribution in [-0.2, 0) is 0 Å². The Morgan fingerprint density at radius 2 is 2.11 bits per heavy atom. The van der Waals surface area contributed by atoms with Crippen LogP contribution in [0, 0.1) is 11.8 Å². The smallest absolute Gasteiger partial charge is 0.0580 e. The van der Waals surface area contributed by atoms with Gasteiger partial charge >= 0.3 is 0 Å². The van der Waals surface area contributed by atoms with Crippen molar-refractivity contribution >= 4 is 11.8 Å². The molecule has 0 aromatic rings. The largest absolute Gasteiger partial charge is 0.393 e. The van der Waals surface area contributed by atoms with Crippen molar-refractivity contribution in [1.82, 2.24) is 4.90 Å². The molecule has 1 aliphatic heterocycles. The summed E-state index contributed by atoms with van der Waals surface area (Å²) in [5.74, 6) is 4.02. The predicted octanol–water partition coefficient (Wildman–Crippen LogP) is 3.00. The fourth-order valence-electron chi connectivity index (χ4n) is 3.52. The highest BCUT2D eigenvalue weighted by Gasteiger charge is 2.30. The van der Waals surface area contributed by atoms with Crippen LogP contribution in [0.5, 0.6) is 0 Å². The predicted molar refractivity (Wildman–Crippen MR) is 80.1 cm³/mol. The average molecular weight is 271 g/mol. The van der Waals surface area contributed by atoms with Crippen molar-refractivity contribution in [2.24, 2.45) is 11.8 Å². The van der Waals surface area contributed by atoms with Gasteiger partial charge in [-0.1, -0.05) is 19.8 Å². The Balaban J connectivity index is 1.81. The summed E-state index contributed by atoms with van der Waals surface area (Å²) in [6.45, 7) is 5.90. The Morgan fingerprint density at radius 3 is 2.94 bits per heavy atom. The molecule has 3 unspecified atom stereocenters. The second-order valence-corrected chi connectivity index (χ2v) is 7.29. The van der Waals surface area contributed by atoms with E-state index in [1.165, 1.54) is 56.7 Å². The molecule has 0 aromatic carbocycles. The lowest BCUT2D eigenvalue weighted by Gasteiger charge is -2.36. The summed E-state index contributed by atoms with van der Waals surface area (Å²) in [6.07, 6.45) is 7.51. The maximum atomic E-state index is 10.2.